The van der Waals surface area contributed by atoms with Crippen LogP contribution < -0.4 is 5.32 Å². The van der Waals surface area contributed by atoms with Crippen LogP contribution in [0, 0.1) is 0 Å². The standard InChI is InChI=1S/C28H42N6O3/c1-28(2,3)37-27(36)33-15-11-22(12-16-33)25-24(21-30-34(25)23-9-6-5-7-10-23)26(35)29-13-8-14-32-19-17-31(4)18-20-32/h5-7,9-10,21-22H,8,11-20H2,1-4H3,(H,29,35). The molecule has 0 unspecified atom stereocenters. The minimum atomic E-state index is -0.518. The van der Waals surface area contributed by atoms with E-state index in [-0.39, 0.29) is 17.9 Å². The van der Waals surface area contributed by atoms with Crippen LogP contribution in [0.1, 0.15) is 62.0 Å². The van der Waals surface area contributed by atoms with E-state index >= 15 is 0 Å². The molecule has 2 fully saturated rings. The molecule has 1 aromatic heterocycles. The number of carbonyl (C=O) groups excluding carboxylic acids is 2. The van der Waals surface area contributed by atoms with Crippen LogP contribution in [0.5, 0.6) is 0 Å². The Morgan fingerprint density at radius 1 is 1.03 bits per heavy atom. The highest BCUT2D eigenvalue weighted by Crippen LogP contribution is 2.32. The van der Waals surface area contributed by atoms with Crippen LogP contribution in [0.15, 0.2) is 36.5 Å². The first-order valence-electron chi connectivity index (χ1n) is 13.5. The van der Waals surface area contributed by atoms with Gasteiger partial charge in [0, 0.05) is 51.7 Å². The van der Waals surface area contributed by atoms with E-state index < -0.39 is 5.60 Å². The van der Waals surface area contributed by atoms with Gasteiger partial charge < -0.3 is 24.8 Å². The molecule has 1 N–H and O–H groups in total. The summed E-state index contributed by atoms with van der Waals surface area (Å²) in [4.78, 5) is 32.4. The summed E-state index contributed by atoms with van der Waals surface area (Å²) in [6, 6.07) is 9.93. The molecule has 2 aromatic rings. The van der Waals surface area contributed by atoms with Gasteiger partial charge in [-0.15, -0.1) is 0 Å². The van der Waals surface area contributed by atoms with Gasteiger partial charge in [0.05, 0.1) is 23.1 Å². The molecule has 1 aromatic carbocycles. The fourth-order valence-electron chi connectivity index (χ4n) is 5.03. The Balaban J connectivity index is 1.41. The van der Waals surface area contributed by atoms with Crippen LogP contribution in [0.25, 0.3) is 5.69 Å². The zero-order valence-electron chi connectivity index (χ0n) is 22.8. The molecule has 0 spiro atoms. The lowest BCUT2D eigenvalue weighted by molar-refractivity contribution is 0.0203. The molecule has 202 valence electrons. The number of piperazine rings is 1. The van der Waals surface area contributed by atoms with Crippen molar-refractivity contribution in [3.8, 4) is 5.69 Å². The van der Waals surface area contributed by atoms with Crippen LogP contribution in [-0.2, 0) is 4.74 Å². The van der Waals surface area contributed by atoms with Crippen LogP contribution in [0.4, 0.5) is 4.79 Å². The summed E-state index contributed by atoms with van der Waals surface area (Å²) >= 11 is 0. The third-order valence-electron chi connectivity index (χ3n) is 7.12. The van der Waals surface area contributed by atoms with Gasteiger partial charge in [0.25, 0.3) is 5.91 Å². The number of nitrogens with zero attached hydrogens (tertiary/aromatic N) is 5. The van der Waals surface area contributed by atoms with Crippen molar-refractivity contribution in [2.45, 2.75) is 51.6 Å². The molecule has 2 aliphatic heterocycles. The number of rotatable bonds is 7. The summed E-state index contributed by atoms with van der Waals surface area (Å²) < 4.78 is 7.46. The Bertz CT molecular complexity index is 1030. The quantitative estimate of drug-likeness (QED) is 0.576. The van der Waals surface area contributed by atoms with Gasteiger partial charge >= 0.3 is 6.09 Å². The number of likely N-dealkylation sites (N-methyl/N-ethyl adjacent to an activating group) is 1. The largest absolute Gasteiger partial charge is 0.444 e. The number of para-hydroxylation sites is 1. The topological polar surface area (TPSA) is 82.9 Å². The van der Waals surface area contributed by atoms with Crippen molar-refractivity contribution in [1.29, 1.82) is 0 Å². The number of hydrogen-bond donors (Lipinski definition) is 1. The number of amides is 2. The molecule has 9 heteroatoms. The maximum absolute atomic E-state index is 13.3. The summed E-state index contributed by atoms with van der Waals surface area (Å²) in [6.45, 7) is 12.8. The lowest BCUT2D eigenvalue weighted by Gasteiger charge is -2.34. The minimum Gasteiger partial charge on any atom is -0.444 e. The monoisotopic (exact) mass is 510 g/mol. The minimum absolute atomic E-state index is 0.0786. The van der Waals surface area contributed by atoms with E-state index in [1.54, 1.807) is 11.1 Å². The molecule has 37 heavy (non-hydrogen) atoms. The summed E-state index contributed by atoms with van der Waals surface area (Å²) in [5, 5.41) is 7.76. The van der Waals surface area contributed by atoms with Crippen LogP contribution in [0.2, 0.25) is 0 Å². The van der Waals surface area contributed by atoms with Crippen molar-refractivity contribution in [2.24, 2.45) is 0 Å². The van der Waals surface area contributed by atoms with Crippen molar-refractivity contribution in [3.05, 3.63) is 47.8 Å². The second kappa shape index (κ2) is 12.1. The van der Waals surface area contributed by atoms with Crippen molar-refractivity contribution < 1.29 is 14.3 Å². The van der Waals surface area contributed by atoms with Crippen molar-refractivity contribution >= 4 is 12.0 Å². The summed E-state index contributed by atoms with van der Waals surface area (Å²) in [5.74, 6) is 0.0395. The maximum atomic E-state index is 13.3. The van der Waals surface area contributed by atoms with Crippen molar-refractivity contribution in [2.75, 3.05) is 59.4 Å². The summed E-state index contributed by atoms with van der Waals surface area (Å²) in [7, 11) is 2.16. The Kier molecular flexibility index (Phi) is 8.87. The third-order valence-corrected chi connectivity index (χ3v) is 7.12. The zero-order valence-corrected chi connectivity index (χ0v) is 22.8. The molecule has 2 aliphatic rings. The molecule has 2 saturated heterocycles. The van der Waals surface area contributed by atoms with Gasteiger partial charge in [-0.2, -0.15) is 5.10 Å². The molecule has 2 amide bonds. The van der Waals surface area contributed by atoms with E-state index in [0.717, 1.165) is 63.4 Å². The molecule has 4 rings (SSSR count). The van der Waals surface area contributed by atoms with E-state index in [1.165, 1.54) is 0 Å². The Morgan fingerprint density at radius 3 is 2.35 bits per heavy atom. The molecule has 3 heterocycles. The predicted molar refractivity (Wildman–Crippen MR) is 144 cm³/mol. The van der Waals surface area contributed by atoms with Gasteiger partial charge in [0.15, 0.2) is 0 Å². The Morgan fingerprint density at radius 2 is 1.70 bits per heavy atom. The molecule has 0 radical (unpaired) electrons. The molecular weight excluding hydrogens is 468 g/mol. The first-order chi connectivity index (χ1) is 17.7. The van der Waals surface area contributed by atoms with E-state index in [2.05, 4.69) is 27.3 Å². The van der Waals surface area contributed by atoms with E-state index in [4.69, 9.17) is 4.74 Å². The fraction of sp³-hybridized carbons (Fsp3) is 0.607. The number of nitrogens with one attached hydrogen (secondary N) is 1. The highest BCUT2D eigenvalue weighted by atomic mass is 16.6. The number of benzene rings is 1. The normalized spacial score (nSPS) is 18.1. The first kappa shape index (κ1) is 27.1. The number of ether oxygens (including phenoxy) is 1. The van der Waals surface area contributed by atoms with Gasteiger partial charge in [-0.1, -0.05) is 18.2 Å². The number of aromatic nitrogens is 2. The van der Waals surface area contributed by atoms with Crippen LogP contribution in [0.3, 0.4) is 0 Å². The van der Waals surface area contributed by atoms with Gasteiger partial charge in [0.2, 0.25) is 0 Å². The lowest BCUT2D eigenvalue weighted by atomic mass is 9.91. The van der Waals surface area contributed by atoms with Crippen molar-refractivity contribution in [3.63, 3.8) is 0 Å². The van der Waals surface area contributed by atoms with Crippen LogP contribution >= 0.6 is 0 Å². The third kappa shape index (κ3) is 7.32. The average molecular weight is 511 g/mol. The highest BCUT2D eigenvalue weighted by molar-refractivity contribution is 5.95. The first-order valence-corrected chi connectivity index (χ1v) is 13.5. The lowest BCUT2D eigenvalue weighted by Crippen LogP contribution is -2.45. The van der Waals surface area contributed by atoms with Crippen molar-refractivity contribution in [1.82, 2.24) is 29.8 Å². The molecule has 0 saturated carbocycles. The summed E-state index contributed by atoms with van der Waals surface area (Å²) in [5.41, 5.74) is 1.96. The average Bonchev–Trinajstić information content (AvgIpc) is 3.32. The Labute approximate surface area is 220 Å². The summed E-state index contributed by atoms with van der Waals surface area (Å²) in [6.07, 6.45) is 3.84. The second-order valence-corrected chi connectivity index (χ2v) is 11.2. The van der Waals surface area contributed by atoms with Gasteiger partial charge in [-0.25, -0.2) is 9.48 Å². The van der Waals surface area contributed by atoms with E-state index in [9.17, 15) is 9.59 Å². The smallest absolute Gasteiger partial charge is 0.410 e. The number of piperidine rings is 1. The zero-order chi connectivity index (χ0) is 26.4. The SMILES string of the molecule is CN1CCN(CCCNC(=O)c2cnn(-c3ccccc3)c2C2CCN(C(=O)OC(C)(C)C)CC2)CC1. The predicted octanol–water partition coefficient (Wildman–Crippen LogP) is 3.35. The fourth-order valence-corrected chi connectivity index (χ4v) is 5.03. The number of carbonyl (C=O) groups is 2. The number of likely N-dealkylation sites (tertiary alicyclic amines) is 1. The molecular formula is C28H42N6O3. The molecule has 0 atom stereocenters. The molecule has 0 aliphatic carbocycles. The van der Waals surface area contributed by atoms with E-state index in [1.807, 2.05) is 55.8 Å². The Hall–Kier alpha value is -2.91. The maximum Gasteiger partial charge on any atom is 0.410 e. The van der Waals surface area contributed by atoms with E-state index in [0.29, 0.717) is 25.2 Å². The van der Waals surface area contributed by atoms with Crippen LogP contribution in [-0.4, -0.2) is 101 Å². The molecule has 0 bridgehead atoms. The van der Waals surface area contributed by atoms with Gasteiger partial charge in [-0.3, -0.25) is 4.79 Å². The van der Waals surface area contributed by atoms with Gasteiger partial charge in [0.1, 0.15) is 5.60 Å². The van der Waals surface area contributed by atoms with Gasteiger partial charge in [-0.05, 0) is 65.8 Å². The second-order valence-electron chi connectivity index (χ2n) is 11.2. The highest BCUT2D eigenvalue weighted by Gasteiger charge is 2.32. The number of hydrogen-bond acceptors (Lipinski definition) is 6. The molecule has 9 nitrogen and oxygen atoms in total.